The number of anilines is 1. The molecule has 0 saturated heterocycles. The molecular formula is C14H23N5. The number of rotatable bonds is 6. The maximum atomic E-state index is 5.64. The van der Waals surface area contributed by atoms with E-state index < -0.39 is 0 Å². The topological polar surface area (TPSA) is 79.6 Å². The lowest BCUT2D eigenvalue weighted by atomic mass is 9.84. The number of aromatic amines is 1. The summed E-state index contributed by atoms with van der Waals surface area (Å²) in [6.07, 6.45) is 3.04. The quantitative estimate of drug-likeness (QED) is 0.745. The van der Waals surface area contributed by atoms with E-state index in [1.165, 1.54) is 0 Å². The Morgan fingerprint density at radius 3 is 2.74 bits per heavy atom. The fourth-order valence-electron chi connectivity index (χ4n) is 2.17. The van der Waals surface area contributed by atoms with Crippen LogP contribution in [0, 0.1) is 5.41 Å². The minimum Gasteiger partial charge on any atom is -0.373 e. The number of nitrogens with two attached hydrogens (primary N) is 1. The van der Waals surface area contributed by atoms with Crippen molar-refractivity contribution >= 4 is 17.0 Å². The van der Waals surface area contributed by atoms with Gasteiger partial charge in [0.15, 0.2) is 5.65 Å². The Labute approximate surface area is 114 Å². The summed E-state index contributed by atoms with van der Waals surface area (Å²) in [6, 6.07) is 3.96. The summed E-state index contributed by atoms with van der Waals surface area (Å²) in [5.41, 5.74) is 7.67. The van der Waals surface area contributed by atoms with Crippen molar-refractivity contribution in [3.8, 4) is 0 Å². The average molecular weight is 261 g/mol. The van der Waals surface area contributed by atoms with Crippen LogP contribution >= 0.6 is 0 Å². The summed E-state index contributed by atoms with van der Waals surface area (Å²) >= 11 is 0. The third-order valence-electron chi connectivity index (χ3n) is 3.51. The van der Waals surface area contributed by atoms with Crippen molar-refractivity contribution in [2.45, 2.75) is 33.1 Å². The molecule has 2 aromatic heterocycles. The van der Waals surface area contributed by atoms with E-state index in [2.05, 4.69) is 34.1 Å². The zero-order valence-electron chi connectivity index (χ0n) is 12.0. The third-order valence-corrected chi connectivity index (χ3v) is 3.51. The van der Waals surface area contributed by atoms with E-state index in [9.17, 15) is 0 Å². The highest BCUT2D eigenvalue weighted by atomic mass is 15.0. The van der Waals surface area contributed by atoms with E-state index in [-0.39, 0.29) is 5.41 Å². The van der Waals surface area contributed by atoms with Gasteiger partial charge >= 0.3 is 0 Å². The molecule has 0 radical (unpaired) electrons. The van der Waals surface area contributed by atoms with E-state index in [0.717, 1.165) is 48.6 Å². The second kappa shape index (κ2) is 5.57. The number of imidazole rings is 1. The minimum atomic E-state index is 0.261. The number of aromatic nitrogens is 3. The van der Waals surface area contributed by atoms with Crippen molar-refractivity contribution in [2.75, 3.05) is 18.9 Å². The number of fused-ring (bicyclic) bond motifs is 1. The molecular weight excluding hydrogens is 238 g/mol. The number of hydrogen-bond donors (Lipinski definition) is 3. The number of hydrogen-bond acceptors (Lipinski definition) is 4. The lowest BCUT2D eigenvalue weighted by molar-refractivity contribution is 0.311. The number of pyridine rings is 1. The standard InChI is InChI=1S/C14H23N5/c1-14(2,8-9-15)7-6-12-17-10-4-5-11(16-3)18-13(10)19-12/h4-5H,6-9,15H2,1-3H3,(H2,16,17,18,19). The zero-order valence-corrected chi connectivity index (χ0v) is 12.0. The van der Waals surface area contributed by atoms with Crippen molar-refractivity contribution in [3.05, 3.63) is 18.0 Å². The first kappa shape index (κ1) is 13.8. The number of H-pyrrole nitrogens is 1. The summed E-state index contributed by atoms with van der Waals surface area (Å²) in [6.45, 7) is 5.24. The summed E-state index contributed by atoms with van der Waals surface area (Å²) in [5.74, 6) is 1.84. The molecule has 19 heavy (non-hydrogen) atoms. The minimum absolute atomic E-state index is 0.261. The van der Waals surface area contributed by atoms with Crippen molar-refractivity contribution in [3.63, 3.8) is 0 Å². The maximum Gasteiger partial charge on any atom is 0.179 e. The average Bonchev–Trinajstić information content (AvgIpc) is 2.78. The Hall–Kier alpha value is -1.62. The van der Waals surface area contributed by atoms with Gasteiger partial charge in [-0.15, -0.1) is 0 Å². The molecule has 5 nitrogen and oxygen atoms in total. The van der Waals surface area contributed by atoms with Crippen molar-refractivity contribution in [2.24, 2.45) is 11.1 Å². The Bertz CT molecular complexity index is 544. The molecule has 5 heteroatoms. The summed E-state index contributed by atoms with van der Waals surface area (Å²) in [4.78, 5) is 12.3. The van der Waals surface area contributed by atoms with Crippen molar-refractivity contribution in [1.29, 1.82) is 0 Å². The van der Waals surface area contributed by atoms with Gasteiger partial charge in [-0.25, -0.2) is 9.97 Å². The van der Waals surface area contributed by atoms with Crippen LogP contribution in [0.25, 0.3) is 11.2 Å². The molecule has 104 valence electrons. The Morgan fingerprint density at radius 1 is 1.26 bits per heavy atom. The van der Waals surface area contributed by atoms with Crippen LogP contribution in [0.15, 0.2) is 12.1 Å². The van der Waals surface area contributed by atoms with Crippen molar-refractivity contribution < 1.29 is 0 Å². The Kier molecular flexibility index (Phi) is 4.04. The number of nitrogens with zero attached hydrogens (tertiary/aromatic N) is 2. The van der Waals surface area contributed by atoms with Crippen LogP contribution < -0.4 is 11.1 Å². The van der Waals surface area contributed by atoms with Gasteiger partial charge in [0.2, 0.25) is 0 Å². The number of nitrogens with one attached hydrogen (secondary N) is 2. The lowest BCUT2D eigenvalue weighted by Gasteiger charge is -2.22. The highest BCUT2D eigenvalue weighted by molar-refractivity contribution is 5.72. The van der Waals surface area contributed by atoms with Gasteiger partial charge in [0.25, 0.3) is 0 Å². The lowest BCUT2D eigenvalue weighted by Crippen LogP contribution is -2.18. The highest BCUT2D eigenvalue weighted by Crippen LogP contribution is 2.26. The fraction of sp³-hybridized carbons (Fsp3) is 0.571. The van der Waals surface area contributed by atoms with Crippen LogP contribution in [-0.4, -0.2) is 28.5 Å². The zero-order chi connectivity index (χ0) is 13.9. The van der Waals surface area contributed by atoms with Gasteiger partial charge in [-0.3, -0.25) is 0 Å². The molecule has 2 heterocycles. The predicted octanol–water partition coefficient (Wildman–Crippen LogP) is 2.31. The molecule has 0 bridgehead atoms. The molecule has 0 atom stereocenters. The van der Waals surface area contributed by atoms with Gasteiger partial charge in [-0.05, 0) is 36.9 Å². The largest absolute Gasteiger partial charge is 0.373 e. The van der Waals surface area contributed by atoms with E-state index in [1.54, 1.807) is 0 Å². The molecule has 0 aliphatic heterocycles. The van der Waals surface area contributed by atoms with Gasteiger partial charge in [0.1, 0.15) is 11.6 Å². The van der Waals surface area contributed by atoms with Gasteiger partial charge in [-0.2, -0.15) is 0 Å². The van der Waals surface area contributed by atoms with E-state index >= 15 is 0 Å². The van der Waals surface area contributed by atoms with Gasteiger partial charge < -0.3 is 16.0 Å². The van der Waals surface area contributed by atoms with Crippen LogP contribution in [0.4, 0.5) is 5.82 Å². The van der Waals surface area contributed by atoms with Crippen LogP contribution in [0.2, 0.25) is 0 Å². The maximum absolute atomic E-state index is 5.64. The molecule has 0 saturated carbocycles. The monoisotopic (exact) mass is 261 g/mol. The summed E-state index contributed by atoms with van der Waals surface area (Å²) in [7, 11) is 1.86. The van der Waals surface area contributed by atoms with Crippen LogP contribution in [0.1, 0.15) is 32.5 Å². The Balaban J connectivity index is 2.09. The predicted molar refractivity (Wildman–Crippen MR) is 79.2 cm³/mol. The van der Waals surface area contributed by atoms with E-state index in [0.29, 0.717) is 0 Å². The Morgan fingerprint density at radius 2 is 2.05 bits per heavy atom. The fourth-order valence-corrected chi connectivity index (χ4v) is 2.17. The smallest absolute Gasteiger partial charge is 0.179 e. The molecule has 0 amide bonds. The molecule has 2 aromatic rings. The second-order valence-electron chi connectivity index (χ2n) is 5.70. The molecule has 0 aromatic carbocycles. The SMILES string of the molecule is CNc1ccc2[nH]c(CCC(C)(C)CCN)nc2n1. The van der Waals surface area contributed by atoms with Gasteiger partial charge in [-0.1, -0.05) is 13.8 Å². The highest BCUT2D eigenvalue weighted by Gasteiger charge is 2.17. The summed E-state index contributed by atoms with van der Waals surface area (Å²) < 4.78 is 0. The first-order chi connectivity index (χ1) is 9.04. The van der Waals surface area contributed by atoms with E-state index in [4.69, 9.17) is 5.73 Å². The normalized spacial score (nSPS) is 12.0. The molecule has 0 unspecified atom stereocenters. The second-order valence-corrected chi connectivity index (χ2v) is 5.70. The van der Waals surface area contributed by atoms with E-state index in [1.807, 2.05) is 19.2 Å². The van der Waals surface area contributed by atoms with Gasteiger partial charge in [0.05, 0.1) is 5.52 Å². The molecule has 4 N–H and O–H groups in total. The number of aryl methyl sites for hydroxylation is 1. The molecule has 2 rings (SSSR count). The van der Waals surface area contributed by atoms with Crippen molar-refractivity contribution in [1.82, 2.24) is 15.0 Å². The summed E-state index contributed by atoms with van der Waals surface area (Å²) in [5, 5.41) is 3.02. The first-order valence-electron chi connectivity index (χ1n) is 6.77. The van der Waals surface area contributed by atoms with Gasteiger partial charge in [0, 0.05) is 13.5 Å². The third kappa shape index (κ3) is 3.44. The molecule has 0 aliphatic carbocycles. The van der Waals surface area contributed by atoms with Crippen LogP contribution in [-0.2, 0) is 6.42 Å². The first-order valence-corrected chi connectivity index (χ1v) is 6.77. The molecule has 0 aliphatic rings. The van der Waals surface area contributed by atoms with Crippen LogP contribution in [0.3, 0.4) is 0 Å². The molecule has 0 spiro atoms. The molecule has 0 fully saturated rings. The van der Waals surface area contributed by atoms with Crippen LogP contribution in [0.5, 0.6) is 0 Å².